The van der Waals surface area contributed by atoms with Gasteiger partial charge in [-0.25, -0.2) is 13.1 Å². The summed E-state index contributed by atoms with van der Waals surface area (Å²) in [5.74, 6) is 0.0689. The van der Waals surface area contributed by atoms with Crippen molar-refractivity contribution in [3.8, 4) is 5.75 Å². The molecule has 0 spiro atoms. The topological polar surface area (TPSA) is 98.5 Å². The van der Waals surface area contributed by atoms with Crippen molar-refractivity contribution in [1.29, 1.82) is 0 Å². The van der Waals surface area contributed by atoms with E-state index in [1.807, 2.05) is 24.3 Å². The molecular formula is C16H16N2O5S. The number of hydrogen-bond acceptors (Lipinski definition) is 5. The van der Waals surface area contributed by atoms with Crippen molar-refractivity contribution in [2.75, 3.05) is 7.11 Å². The minimum absolute atomic E-state index is 0.0689. The van der Waals surface area contributed by atoms with E-state index in [1.54, 1.807) is 0 Å². The number of sulfonamides is 1. The normalized spacial score (nSPS) is 16.6. The molecule has 1 aliphatic rings. The van der Waals surface area contributed by atoms with E-state index >= 15 is 0 Å². The predicted octanol–water partition coefficient (Wildman–Crippen LogP) is 2.57. The second kappa shape index (κ2) is 6.21. The van der Waals surface area contributed by atoms with Crippen LogP contribution in [0, 0.1) is 10.1 Å². The quantitative estimate of drug-likeness (QED) is 0.661. The van der Waals surface area contributed by atoms with E-state index in [4.69, 9.17) is 4.74 Å². The van der Waals surface area contributed by atoms with Crippen molar-refractivity contribution in [2.45, 2.75) is 23.8 Å². The smallest absolute Gasteiger partial charge is 0.271 e. The lowest BCUT2D eigenvalue weighted by Gasteiger charge is -2.16. The molecule has 0 amide bonds. The van der Waals surface area contributed by atoms with Gasteiger partial charge >= 0.3 is 0 Å². The van der Waals surface area contributed by atoms with Crippen LogP contribution in [-0.4, -0.2) is 20.5 Å². The van der Waals surface area contributed by atoms with Gasteiger partial charge in [0.2, 0.25) is 10.0 Å². The first-order chi connectivity index (χ1) is 11.4. The number of fused-ring (bicyclic) bond motifs is 1. The zero-order chi connectivity index (χ0) is 17.3. The molecule has 0 fully saturated rings. The Balaban J connectivity index is 1.97. The van der Waals surface area contributed by atoms with Crippen molar-refractivity contribution in [3.63, 3.8) is 0 Å². The first-order valence-corrected chi connectivity index (χ1v) is 8.83. The Kier molecular flexibility index (Phi) is 4.25. The maximum absolute atomic E-state index is 12.7. The third kappa shape index (κ3) is 2.98. The Morgan fingerprint density at radius 1 is 1.25 bits per heavy atom. The van der Waals surface area contributed by atoms with E-state index in [2.05, 4.69) is 4.72 Å². The summed E-state index contributed by atoms with van der Waals surface area (Å²) in [5.41, 5.74) is 1.74. The molecule has 1 aliphatic carbocycles. The molecule has 2 aromatic rings. The van der Waals surface area contributed by atoms with Crippen LogP contribution >= 0.6 is 0 Å². The number of ether oxygens (including phenoxy) is 1. The fraction of sp³-hybridized carbons (Fsp3) is 0.250. The lowest BCUT2D eigenvalue weighted by molar-refractivity contribution is -0.385. The van der Waals surface area contributed by atoms with Crippen molar-refractivity contribution >= 4 is 15.7 Å². The standard InChI is InChI=1S/C16H16N2O5S/c1-23-15-9-7-12(18(19)20)10-16(15)24(21,22)17-14-8-6-11-4-2-3-5-13(11)14/h2-5,7,9-10,14,17H,6,8H2,1H3. The van der Waals surface area contributed by atoms with Crippen molar-refractivity contribution in [1.82, 2.24) is 4.72 Å². The summed E-state index contributed by atoms with van der Waals surface area (Å²) in [4.78, 5) is 10.1. The molecule has 126 valence electrons. The van der Waals surface area contributed by atoms with Gasteiger partial charge in [-0.05, 0) is 30.0 Å². The van der Waals surface area contributed by atoms with E-state index in [0.29, 0.717) is 6.42 Å². The second-order valence-corrected chi connectivity index (χ2v) is 7.19. The van der Waals surface area contributed by atoms with Gasteiger partial charge in [-0.3, -0.25) is 10.1 Å². The molecule has 7 nitrogen and oxygen atoms in total. The van der Waals surface area contributed by atoms with Gasteiger partial charge < -0.3 is 4.74 Å². The average Bonchev–Trinajstić information content (AvgIpc) is 2.96. The van der Waals surface area contributed by atoms with E-state index in [-0.39, 0.29) is 22.4 Å². The molecule has 0 aromatic heterocycles. The van der Waals surface area contributed by atoms with Crippen LogP contribution in [0.3, 0.4) is 0 Å². The Hall–Kier alpha value is -2.45. The van der Waals surface area contributed by atoms with Gasteiger partial charge in [0.05, 0.1) is 12.0 Å². The SMILES string of the molecule is COc1ccc([N+](=O)[O-])cc1S(=O)(=O)NC1CCc2ccccc21. The molecule has 8 heteroatoms. The fourth-order valence-corrected chi connectivity index (χ4v) is 4.36. The second-order valence-electron chi connectivity index (χ2n) is 5.50. The van der Waals surface area contributed by atoms with E-state index < -0.39 is 14.9 Å². The number of hydrogen-bond donors (Lipinski definition) is 1. The number of nitro benzene ring substituents is 1. The molecular weight excluding hydrogens is 332 g/mol. The summed E-state index contributed by atoms with van der Waals surface area (Å²) in [5, 5.41) is 10.9. The van der Waals surface area contributed by atoms with E-state index in [0.717, 1.165) is 23.6 Å². The molecule has 3 rings (SSSR count). The molecule has 0 aliphatic heterocycles. The van der Waals surface area contributed by atoms with Gasteiger partial charge in [0.25, 0.3) is 5.69 Å². The predicted molar refractivity (Wildman–Crippen MR) is 87.5 cm³/mol. The lowest BCUT2D eigenvalue weighted by Crippen LogP contribution is -2.27. The highest BCUT2D eigenvalue weighted by Gasteiger charge is 2.30. The number of nitrogens with zero attached hydrogens (tertiary/aromatic N) is 1. The highest BCUT2D eigenvalue weighted by molar-refractivity contribution is 7.89. The van der Waals surface area contributed by atoms with Crippen LogP contribution < -0.4 is 9.46 Å². The highest BCUT2D eigenvalue weighted by Crippen LogP contribution is 2.34. The minimum Gasteiger partial charge on any atom is -0.495 e. The maximum Gasteiger partial charge on any atom is 0.271 e. The Labute approximate surface area is 139 Å². The number of rotatable bonds is 5. The third-order valence-corrected chi connectivity index (χ3v) is 5.57. The summed E-state index contributed by atoms with van der Waals surface area (Å²) in [6.07, 6.45) is 1.44. The van der Waals surface area contributed by atoms with E-state index in [1.165, 1.54) is 19.2 Å². The van der Waals surface area contributed by atoms with Gasteiger partial charge in [0.1, 0.15) is 10.6 Å². The largest absolute Gasteiger partial charge is 0.495 e. The van der Waals surface area contributed by atoms with Crippen molar-refractivity contribution < 1.29 is 18.1 Å². The molecule has 1 N–H and O–H groups in total. The Bertz CT molecular complexity index is 895. The number of benzene rings is 2. The number of methoxy groups -OCH3 is 1. The molecule has 0 radical (unpaired) electrons. The van der Waals surface area contributed by atoms with Crippen LogP contribution in [0.1, 0.15) is 23.6 Å². The molecule has 0 bridgehead atoms. The number of nitrogens with one attached hydrogen (secondary N) is 1. The van der Waals surface area contributed by atoms with Crippen LogP contribution in [0.25, 0.3) is 0 Å². The molecule has 0 saturated heterocycles. The Morgan fingerprint density at radius 2 is 2.00 bits per heavy atom. The number of nitro groups is 1. The van der Waals surface area contributed by atoms with Gasteiger partial charge in [-0.2, -0.15) is 0 Å². The average molecular weight is 348 g/mol. The lowest BCUT2D eigenvalue weighted by atomic mass is 10.1. The van der Waals surface area contributed by atoms with Crippen LogP contribution in [-0.2, 0) is 16.4 Å². The maximum atomic E-state index is 12.7. The molecule has 1 unspecified atom stereocenters. The summed E-state index contributed by atoms with van der Waals surface area (Å²) in [6, 6.07) is 10.8. The number of aryl methyl sites for hydroxylation is 1. The first kappa shape index (κ1) is 16.4. The van der Waals surface area contributed by atoms with Gasteiger partial charge in [0, 0.05) is 18.2 Å². The molecule has 0 heterocycles. The van der Waals surface area contributed by atoms with Gasteiger partial charge in [-0.1, -0.05) is 24.3 Å². The van der Waals surface area contributed by atoms with Crippen molar-refractivity contribution in [3.05, 3.63) is 63.7 Å². The zero-order valence-electron chi connectivity index (χ0n) is 12.9. The van der Waals surface area contributed by atoms with Gasteiger partial charge in [-0.15, -0.1) is 0 Å². The summed E-state index contributed by atoms with van der Waals surface area (Å²) >= 11 is 0. The summed E-state index contributed by atoms with van der Waals surface area (Å²) in [6.45, 7) is 0. The van der Waals surface area contributed by atoms with Gasteiger partial charge in [0.15, 0.2) is 0 Å². The highest BCUT2D eigenvalue weighted by atomic mass is 32.2. The minimum atomic E-state index is -3.96. The van der Waals surface area contributed by atoms with Crippen LogP contribution in [0.2, 0.25) is 0 Å². The van der Waals surface area contributed by atoms with Crippen LogP contribution in [0.15, 0.2) is 47.4 Å². The third-order valence-electron chi connectivity index (χ3n) is 4.08. The summed E-state index contributed by atoms with van der Waals surface area (Å²) in [7, 11) is -2.64. The first-order valence-electron chi connectivity index (χ1n) is 7.35. The monoisotopic (exact) mass is 348 g/mol. The van der Waals surface area contributed by atoms with Crippen LogP contribution in [0.5, 0.6) is 5.75 Å². The molecule has 0 saturated carbocycles. The Morgan fingerprint density at radius 3 is 2.71 bits per heavy atom. The van der Waals surface area contributed by atoms with E-state index in [9.17, 15) is 18.5 Å². The van der Waals surface area contributed by atoms with Crippen LogP contribution in [0.4, 0.5) is 5.69 Å². The fourth-order valence-electron chi connectivity index (χ4n) is 2.92. The van der Waals surface area contributed by atoms with Crippen molar-refractivity contribution in [2.24, 2.45) is 0 Å². The molecule has 1 atom stereocenters. The zero-order valence-corrected chi connectivity index (χ0v) is 13.7. The molecule has 24 heavy (non-hydrogen) atoms. The number of non-ortho nitro benzene ring substituents is 1. The summed E-state index contributed by atoms with van der Waals surface area (Å²) < 4.78 is 33.2. The molecule has 2 aromatic carbocycles.